The zero-order valence-corrected chi connectivity index (χ0v) is 21.9. The predicted octanol–water partition coefficient (Wildman–Crippen LogP) is 6.01. The first kappa shape index (κ1) is 30.5. The number of aryl methyl sites for hydroxylation is 1. The lowest BCUT2D eigenvalue weighted by Crippen LogP contribution is -2.44. The second-order valence-electron chi connectivity index (χ2n) is 9.42. The number of nitrogens with zero attached hydrogens (tertiary/aromatic N) is 3. The molecule has 0 amide bonds. The standard InChI is InChI=1S/C26H21F8N3O3S/c1-14-20(28)11-22(37(14)41(39,40)18-6-4-17(27)5-7-18)23(38)8-2-15-10-21(35-13-19(15)25(29,30)31)16-3-9-24(36-12-16)26(32,33)34/h3-7,9-10,12-14,20,22H,2,8,11H2,1H3/t14-,20+,22-/m0/s1. The van der Waals surface area contributed by atoms with Gasteiger partial charge in [-0.05, 0) is 61.4 Å². The molecule has 0 aliphatic carbocycles. The Balaban J connectivity index is 1.61. The number of carbonyl (C=O) groups is 1. The van der Waals surface area contributed by atoms with Gasteiger partial charge < -0.3 is 0 Å². The minimum absolute atomic E-state index is 0.0132. The number of alkyl halides is 7. The number of rotatable bonds is 7. The molecule has 1 aromatic carbocycles. The van der Waals surface area contributed by atoms with Crippen LogP contribution >= 0.6 is 0 Å². The molecule has 0 radical (unpaired) electrons. The highest BCUT2D eigenvalue weighted by molar-refractivity contribution is 7.89. The van der Waals surface area contributed by atoms with Crippen LogP contribution in [0.4, 0.5) is 35.1 Å². The molecule has 3 heterocycles. The summed E-state index contributed by atoms with van der Waals surface area (Å²) in [6.45, 7) is 1.24. The number of ketones is 1. The molecule has 1 fully saturated rings. The Kier molecular flexibility index (Phi) is 8.24. The van der Waals surface area contributed by atoms with Gasteiger partial charge in [-0.2, -0.15) is 30.6 Å². The number of carbonyl (C=O) groups excluding carboxylic acids is 1. The topological polar surface area (TPSA) is 80.2 Å². The van der Waals surface area contributed by atoms with Gasteiger partial charge >= 0.3 is 12.4 Å². The fourth-order valence-corrected chi connectivity index (χ4v) is 6.43. The maximum Gasteiger partial charge on any atom is 0.433 e. The lowest BCUT2D eigenvalue weighted by molar-refractivity contribution is -0.141. The summed E-state index contributed by atoms with van der Waals surface area (Å²) >= 11 is 0. The van der Waals surface area contributed by atoms with Gasteiger partial charge in [-0.1, -0.05) is 0 Å². The summed E-state index contributed by atoms with van der Waals surface area (Å²) in [4.78, 5) is 19.7. The molecule has 0 bridgehead atoms. The van der Waals surface area contributed by atoms with Crippen LogP contribution in [0.25, 0.3) is 11.3 Å². The highest BCUT2D eigenvalue weighted by Gasteiger charge is 2.49. The normalized spacial score (nSPS) is 20.4. The van der Waals surface area contributed by atoms with E-state index in [0.717, 1.165) is 42.6 Å². The van der Waals surface area contributed by atoms with E-state index in [1.807, 2.05) is 0 Å². The summed E-state index contributed by atoms with van der Waals surface area (Å²) in [6.07, 6.45) is -11.8. The maximum atomic E-state index is 14.7. The van der Waals surface area contributed by atoms with Crippen LogP contribution in [0.3, 0.4) is 0 Å². The van der Waals surface area contributed by atoms with Gasteiger partial charge in [-0.3, -0.25) is 14.8 Å². The smallest absolute Gasteiger partial charge is 0.298 e. The van der Waals surface area contributed by atoms with Crippen LogP contribution in [-0.4, -0.2) is 46.7 Å². The Morgan fingerprint density at radius 2 is 1.63 bits per heavy atom. The van der Waals surface area contributed by atoms with E-state index in [0.29, 0.717) is 16.6 Å². The molecule has 0 N–H and O–H groups in total. The Bertz CT molecular complexity index is 1530. The van der Waals surface area contributed by atoms with Crippen molar-refractivity contribution < 1.29 is 48.3 Å². The van der Waals surface area contributed by atoms with Crippen molar-refractivity contribution in [2.75, 3.05) is 0 Å². The number of benzene rings is 1. The lowest BCUT2D eigenvalue weighted by atomic mass is 9.98. The lowest BCUT2D eigenvalue weighted by Gasteiger charge is -2.27. The second-order valence-corrected chi connectivity index (χ2v) is 11.3. The molecular weight excluding hydrogens is 586 g/mol. The average molecular weight is 608 g/mol. The Morgan fingerprint density at radius 3 is 2.20 bits per heavy atom. The monoisotopic (exact) mass is 607 g/mol. The van der Waals surface area contributed by atoms with E-state index in [9.17, 15) is 48.3 Å². The van der Waals surface area contributed by atoms with Crippen LogP contribution in [0.1, 0.15) is 36.6 Å². The van der Waals surface area contributed by atoms with E-state index in [2.05, 4.69) is 9.97 Å². The fraction of sp³-hybridized carbons (Fsp3) is 0.346. The first-order valence-corrected chi connectivity index (χ1v) is 13.5. The minimum Gasteiger partial charge on any atom is -0.298 e. The van der Waals surface area contributed by atoms with Gasteiger partial charge in [0.05, 0.1) is 28.2 Å². The third-order valence-electron chi connectivity index (χ3n) is 6.73. The number of hydrogen-bond acceptors (Lipinski definition) is 5. The van der Waals surface area contributed by atoms with E-state index in [1.54, 1.807) is 0 Å². The van der Waals surface area contributed by atoms with Crippen molar-refractivity contribution in [2.24, 2.45) is 0 Å². The first-order valence-electron chi connectivity index (χ1n) is 12.1. The van der Waals surface area contributed by atoms with Crippen LogP contribution < -0.4 is 0 Å². The first-order chi connectivity index (χ1) is 19.0. The summed E-state index contributed by atoms with van der Waals surface area (Å²) in [6, 6.07) is 3.45. The summed E-state index contributed by atoms with van der Waals surface area (Å²) in [7, 11) is -4.47. The Morgan fingerprint density at radius 1 is 0.976 bits per heavy atom. The van der Waals surface area contributed by atoms with E-state index >= 15 is 0 Å². The number of pyridine rings is 2. The van der Waals surface area contributed by atoms with Gasteiger partial charge in [-0.25, -0.2) is 17.2 Å². The summed E-state index contributed by atoms with van der Waals surface area (Å²) < 4.78 is 135. The molecule has 220 valence electrons. The van der Waals surface area contributed by atoms with Crippen LogP contribution in [0, 0.1) is 5.82 Å². The van der Waals surface area contributed by atoms with Gasteiger partial charge in [0.1, 0.15) is 17.7 Å². The average Bonchev–Trinajstić information content (AvgIpc) is 3.21. The molecule has 15 heteroatoms. The Labute approximate surface area is 229 Å². The van der Waals surface area contributed by atoms with Crippen molar-refractivity contribution in [1.29, 1.82) is 0 Å². The molecule has 2 aromatic heterocycles. The zero-order valence-electron chi connectivity index (χ0n) is 21.0. The van der Waals surface area contributed by atoms with Crippen LogP contribution in [-0.2, 0) is 33.6 Å². The summed E-state index contributed by atoms with van der Waals surface area (Å²) in [5.74, 6) is -1.57. The molecule has 0 spiro atoms. The van der Waals surface area contributed by atoms with Crippen molar-refractivity contribution in [1.82, 2.24) is 14.3 Å². The molecule has 41 heavy (non-hydrogen) atoms. The van der Waals surface area contributed by atoms with Crippen LogP contribution in [0.5, 0.6) is 0 Å². The number of hydrogen-bond donors (Lipinski definition) is 0. The van der Waals surface area contributed by atoms with E-state index in [4.69, 9.17) is 0 Å². The van der Waals surface area contributed by atoms with Crippen LogP contribution in [0.2, 0.25) is 0 Å². The molecule has 1 aliphatic heterocycles. The second kappa shape index (κ2) is 11.1. The fourth-order valence-electron chi connectivity index (χ4n) is 4.60. The maximum absolute atomic E-state index is 14.7. The van der Waals surface area contributed by atoms with Crippen molar-refractivity contribution >= 4 is 15.8 Å². The minimum atomic E-state index is -4.90. The highest BCUT2D eigenvalue weighted by atomic mass is 32.2. The molecule has 6 nitrogen and oxygen atoms in total. The van der Waals surface area contributed by atoms with Gasteiger partial charge in [0.15, 0.2) is 5.78 Å². The quantitative estimate of drug-likeness (QED) is 0.308. The van der Waals surface area contributed by atoms with E-state index in [1.165, 1.54) is 6.92 Å². The molecule has 4 rings (SSSR count). The molecular formula is C26H21F8N3O3S. The largest absolute Gasteiger partial charge is 0.433 e. The SMILES string of the molecule is C[C@H]1[C@H](F)C[C@@H](C(=O)CCc2cc(-c3ccc(C(F)(F)F)nc3)ncc2C(F)(F)F)N1S(=O)(=O)c1ccc(F)cc1. The van der Waals surface area contributed by atoms with Gasteiger partial charge in [0.25, 0.3) is 0 Å². The number of aromatic nitrogens is 2. The zero-order chi connectivity index (χ0) is 30.3. The van der Waals surface area contributed by atoms with Crippen molar-refractivity contribution in [3.05, 3.63) is 77.5 Å². The summed E-state index contributed by atoms with van der Waals surface area (Å²) in [5.41, 5.74) is -2.99. The van der Waals surface area contributed by atoms with Crippen molar-refractivity contribution in [3.8, 4) is 11.3 Å². The number of halogens is 8. The van der Waals surface area contributed by atoms with Crippen molar-refractivity contribution in [3.63, 3.8) is 0 Å². The van der Waals surface area contributed by atoms with E-state index in [-0.39, 0.29) is 16.2 Å². The predicted molar refractivity (Wildman–Crippen MR) is 129 cm³/mol. The molecule has 0 unspecified atom stereocenters. The molecule has 0 saturated carbocycles. The van der Waals surface area contributed by atoms with Gasteiger partial charge in [-0.15, -0.1) is 0 Å². The highest BCUT2D eigenvalue weighted by Crippen LogP contribution is 2.37. The Hall–Kier alpha value is -3.46. The molecule has 3 aromatic rings. The summed E-state index contributed by atoms with van der Waals surface area (Å²) in [5, 5.41) is 0. The van der Waals surface area contributed by atoms with Gasteiger partial charge in [0.2, 0.25) is 10.0 Å². The third-order valence-corrected chi connectivity index (χ3v) is 8.74. The van der Waals surface area contributed by atoms with Gasteiger partial charge in [0, 0.05) is 30.8 Å². The third kappa shape index (κ3) is 6.40. The molecule has 1 aliphatic rings. The molecule has 1 saturated heterocycles. The molecule has 3 atom stereocenters. The van der Waals surface area contributed by atoms with Crippen molar-refractivity contribution in [2.45, 2.75) is 61.7 Å². The van der Waals surface area contributed by atoms with Crippen LogP contribution in [0.15, 0.2) is 59.8 Å². The number of Topliss-reactive ketones (excluding diaryl/α,β-unsaturated/α-hetero) is 1. The van der Waals surface area contributed by atoms with E-state index < -0.39 is 88.3 Å². The number of sulfonamides is 1.